The average molecular weight is 429 g/mol. The van der Waals surface area contributed by atoms with Crippen molar-refractivity contribution < 1.29 is 19.1 Å². The highest BCUT2D eigenvalue weighted by atomic mass is 16.5. The van der Waals surface area contributed by atoms with Crippen molar-refractivity contribution >= 4 is 17.7 Å². The molecule has 3 aliphatic rings. The van der Waals surface area contributed by atoms with Crippen molar-refractivity contribution in [2.45, 2.75) is 57.4 Å². The summed E-state index contributed by atoms with van der Waals surface area (Å²) in [6, 6.07) is 6.72. The van der Waals surface area contributed by atoms with E-state index in [1.54, 1.807) is 11.0 Å². The zero-order valence-corrected chi connectivity index (χ0v) is 18.3. The zero-order chi connectivity index (χ0) is 22.0. The van der Waals surface area contributed by atoms with Gasteiger partial charge in [-0.15, -0.1) is 0 Å². The maximum atomic E-state index is 12.9. The van der Waals surface area contributed by atoms with Crippen LogP contribution in [0.15, 0.2) is 24.3 Å². The first-order chi connectivity index (χ1) is 14.9. The van der Waals surface area contributed by atoms with Gasteiger partial charge < -0.3 is 20.3 Å². The number of benzene rings is 1. The Kier molecular flexibility index (Phi) is 6.57. The summed E-state index contributed by atoms with van der Waals surface area (Å²) < 4.78 is 5.74. The van der Waals surface area contributed by atoms with Gasteiger partial charge in [0.15, 0.2) is 0 Å². The topological polar surface area (TPSA) is 91.0 Å². The molecule has 3 unspecified atom stereocenters. The van der Waals surface area contributed by atoms with E-state index in [1.165, 1.54) is 0 Å². The molecule has 31 heavy (non-hydrogen) atoms. The van der Waals surface area contributed by atoms with Crippen molar-refractivity contribution in [1.82, 2.24) is 20.4 Å². The van der Waals surface area contributed by atoms with E-state index in [0.29, 0.717) is 12.1 Å². The number of hydrogen-bond donors (Lipinski definition) is 2. The molecule has 0 bridgehead atoms. The largest absolute Gasteiger partial charge is 0.373 e. The lowest BCUT2D eigenvalue weighted by molar-refractivity contribution is -0.129. The first-order valence-electron chi connectivity index (χ1n) is 11.3. The third-order valence-corrected chi connectivity index (χ3v) is 6.08. The Morgan fingerprint density at radius 3 is 2.52 bits per heavy atom. The van der Waals surface area contributed by atoms with Crippen LogP contribution in [0.1, 0.15) is 55.1 Å². The molecule has 8 nitrogen and oxygen atoms in total. The molecule has 1 saturated carbocycles. The lowest BCUT2D eigenvalue weighted by atomic mass is 10.0. The molecule has 1 aliphatic carbocycles. The van der Waals surface area contributed by atoms with Crippen LogP contribution >= 0.6 is 0 Å². The Morgan fingerprint density at radius 1 is 1.10 bits per heavy atom. The second-order valence-corrected chi connectivity index (χ2v) is 8.87. The summed E-state index contributed by atoms with van der Waals surface area (Å²) >= 11 is 0. The van der Waals surface area contributed by atoms with Crippen LogP contribution in [0, 0.1) is 0 Å². The molecule has 3 amide bonds. The molecule has 3 atom stereocenters. The second kappa shape index (κ2) is 9.36. The number of nitrogens with one attached hydrogen (secondary N) is 2. The highest BCUT2D eigenvalue weighted by Crippen LogP contribution is 2.41. The number of amides is 3. The molecule has 1 saturated heterocycles. The number of morpholine rings is 1. The van der Waals surface area contributed by atoms with Gasteiger partial charge in [-0.2, -0.15) is 0 Å². The van der Waals surface area contributed by atoms with Gasteiger partial charge in [0.05, 0.1) is 18.8 Å². The van der Waals surface area contributed by atoms with Crippen molar-refractivity contribution in [3.63, 3.8) is 0 Å². The molecule has 4 rings (SSSR count). The van der Waals surface area contributed by atoms with Crippen LogP contribution in [0.3, 0.4) is 0 Å². The van der Waals surface area contributed by atoms with E-state index in [0.717, 1.165) is 44.5 Å². The van der Waals surface area contributed by atoms with E-state index >= 15 is 0 Å². The Bertz CT molecular complexity index is 831. The van der Waals surface area contributed by atoms with Gasteiger partial charge >= 0.3 is 0 Å². The molecule has 0 aromatic heterocycles. The molecule has 2 fully saturated rings. The second-order valence-electron chi connectivity index (χ2n) is 8.87. The van der Waals surface area contributed by atoms with Gasteiger partial charge in [0, 0.05) is 37.8 Å². The molecule has 2 aliphatic heterocycles. The summed E-state index contributed by atoms with van der Waals surface area (Å²) in [6.45, 7) is 7.36. The summed E-state index contributed by atoms with van der Waals surface area (Å²) in [7, 11) is 0. The summed E-state index contributed by atoms with van der Waals surface area (Å²) in [4.78, 5) is 41.9. The molecule has 2 heterocycles. The smallest absolute Gasteiger partial charge is 0.255 e. The fourth-order valence-electron chi connectivity index (χ4n) is 4.66. The fourth-order valence-corrected chi connectivity index (χ4v) is 4.66. The number of nitrogens with zero attached hydrogens (tertiary/aromatic N) is 2. The Balaban J connectivity index is 1.22. The van der Waals surface area contributed by atoms with Gasteiger partial charge in [0.25, 0.3) is 5.91 Å². The number of carbonyl (C=O) groups excluding carboxylic acids is 3. The molecule has 1 aromatic rings. The van der Waals surface area contributed by atoms with Crippen LogP contribution in [-0.4, -0.2) is 78.5 Å². The minimum absolute atomic E-state index is 0.0875. The van der Waals surface area contributed by atoms with Crippen molar-refractivity contribution in [3.05, 3.63) is 35.4 Å². The van der Waals surface area contributed by atoms with Crippen molar-refractivity contribution in [1.29, 1.82) is 0 Å². The van der Waals surface area contributed by atoms with Crippen LogP contribution in [0.25, 0.3) is 0 Å². The molecular formula is C23H32N4O4. The SMILES string of the molecule is CC1CN(CCCNC(=O)CNC(=O)C2c3ccccc3C(=O)N2C2CC2)CC(C)O1. The molecule has 2 N–H and O–H groups in total. The van der Waals surface area contributed by atoms with Gasteiger partial charge in [-0.1, -0.05) is 18.2 Å². The van der Waals surface area contributed by atoms with Gasteiger partial charge in [-0.3, -0.25) is 19.3 Å². The summed E-state index contributed by atoms with van der Waals surface area (Å²) in [6.07, 6.45) is 3.15. The molecule has 1 aromatic carbocycles. The molecular weight excluding hydrogens is 396 g/mol. The van der Waals surface area contributed by atoms with E-state index in [9.17, 15) is 14.4 Å². The van der Waals surface area contributed by atoms with Crippen LogP contribution in [0.4, 0.5) is 0 Å². The van der Waals surface area contributed by atoms with Crippen LogP contribution in [-0.2, 0) is 14.3 Å². The predicted molar refractivity (Wildman–Crippen MR) is 115 cm³/mol. The van der Waals surface area contributed by atoms with Gasteiger partial charge in [0.1, 0.15) is 6.04 Å². The van der Waals surface area contributed by atoms with E-state index in [-0.39, 0.29) is 42.5 Å². The highest BCUT2D eigenvalue weighted by molar-refractivity contribution is 6.05. The fraction of sp³-hybridized carbons (Fsp3) is 0.609. The third kappa shape index (κ3) is 5.07. The summed E-state index contributed by atoms with van der Waals surface area (Å²) in [5.41, 5.74) is 1.32. The van der Waals surface area contributed by atoms with Crippen molar-refractivity contribution in [2.75, 3.05) is 32.7 Å². The normalized spacial score (nSPS) is 25.9. The third-order valence-electron chi connectivity index (χ3n) is 6.08. The number of fused-ring (bicyclic) bond motifs is 1. The Labute approximate surface area is 183 Å². The lowest BCUT2D eigenvalue weighted by Crippen LogP contribution is -2.46. The predicted octanol–water partition coefficient (Wildman–Crippen LogP) is 1.08. The molecule has 0 spiro atoms. The maximum Gasteiger partial charge on any atom is 0.255 e. The zero-order valence-electron chi connectivity index (χ0n) is 18.3. The van der Waals surface area contributed by atoms with E-state index < -0.39 is 6.04 Å². The lowest BCUT2D eigenvalue weighted by Gasteiger charge is -2.35. The van der Waals surface area contributed by atoms with Crippen LogP contribution < -0.4 is 10.6 Å². The highest BCUT2D eigenvalue weighted by Gasteiger charge is 2.47. The standard InChI is InChI=1S/C23H32N4O4/c1-15-13-26(14-16(2)31-15)11-5-10-24-20(28)12-25-22(29)21-18-6-3-4-7-19(18)23(30)27(21)17-8-9-17/h3-4,6-7,15-17,21H,5,8-14H2,1-2H3,(H,24,28)(H,25,29). The van der Waals surface area contributed by atoms with Crippen molar-refractivity contribution in [2.24, 2.45) is 0 Å². The number of ether oxygens (including phenoxy) is 1. The summed E-state index contributed by atoms with van der Waals surface area (Å²) in [5.74, 6) is -0.598. The molecule has 168 valence electrons. The average Bonchev–Trinajstić information content (AvgIpc) is 3.53. The first kappa shape index (κ1) is 21.8. The number of rotatable bonds is 8. The first-order valence-corrected chi connectivity index (χ1v) is 11.3. The van der Waals surface area contributed by atoms with Crippen LogP contribution in [0.2, 0.25) is 0 Å². The van der Waals surface area contributed by atoms with Gasteiger partial charge in [-0.05, 0) is 44.7 Å². The number of hydrogen-bond acceptors (Lipinski definition) is 5. The van der Waals surface area contributed by atoms with Crippen LogP contribution in [0.5, 0.6) is 0 Å². The number of carbonyl (C=O) groups is 3. The van der Waals surface area contributed by atoms with E-state index in [4.69, 9.17) is 4.74 Å². The minimum atomic E-state index is -0.644. The quantitative estimate of drug-likeness (QED) is 0.605. The Morgan fingerprint density at radius 2 is 1.81 bits per heavy atom. The van der Waals surface area contributed by atoms with Gasteiger partial charge in [-0.25, -0.2) is 0 Å². The van der Waals surface area contributed by atoms with Crippen molar-refractivity contribution in [3.8, 4) is 0 Å². The molecule has 0 radical (unpaired) electrons. The summed E-state index contributed by atoms with van der Waals surface area (Å²) in [5, 5.41) is 5.60. The van der Waals surface area contributed by atoms with Gasteiger partial charge in [0.2, 0.25) is 11.8 Å². The minimum Gasteiger partial charge on any atom is -0.373 e. The van der Waals surface area contributed by atoms with E-state index in [2.05, 4.69) is 29.4 Å². The Hall–Kier alpha value is -2.45. The van der Waals surface area contributed by atoms with E-state index in [1.807, 2.05) is 18.2 Å². The maximum absolute atomic E-state index is 12.9. The molecule has 8 heteroatoms. The monoisotopic (exact) mass is 428 g/mol.